The van der Waals surface area contributed by atoms with E-state index in [9.17, 15) is 2.74 Å². The first-order valence-electron chi connectivity index (χ1n) is 23.3. The monoisotopic (exact) mass is 821 g/mol. The maximum Gasteiger partial charge on any atom is 0.166 e. The van der Waals surface area contributed by atoms with E-state index in [1.807, 2.05) is 77.4 Å². The van der Waals surface area contributed by atoms with Gasteiger partial charge in [-0.15, -0.1) is 0 Å². The minimum atomic E-state index is -0.316. The topological polar surface area (TPSA) is 53.7 Å². The molecule has 14 rings (SSSR count). The van der Waals surface area contributed by atoms with Gasteiger partial charge < -0.3 is 8.98 Å². The number of para-hydroxylation sites is 7. The molecule has 0 fully saturated rings. The third-order valence-corrected chi connectivity index (χ3v) is 12.8. The van der Waals surface area contributed by atoms with E-state index < -0.39 is 0 Å². The highest BCUT2D eigenvalue weighted by atomic mass is 16.3. The summed E-state index contributed by atoms with van der Waals surface area (Å²) in [5.74, 6) is 1.45. The molecule has 0 bridgehead atoms. The minimum Gasteiger partial charge on any atom is -0.456 e. The summed E-state index contributed by atoms with van der Waals surface area (Å²) in [4.78, 5) is 11.3. The standard InChI is InChI=1S/C58H35N5O/c1-8-24-46-38(16-1)39-17-2-9-25-47(39)61(46)52-30-15-23-37(36-32-33-45-44-22-7-14-31-53(44)64-54(45)34-36)57(52)58-59-55(62-48-26-10-3-18-40(48)41-19-4-11-27-49(41)62)35-56(60-58)63-50-28-12-5-20-42(50)43-21-6-13-29-51(43)63/h1-35H/i3D,10D,18D,26D. The molecule has 6 nitrogen and oxygen atoms in total. The highest BCUT2D eigenvalue weighted by molar-refractivity contribution is 6.12. The number of nitrogens with zero attached hydrogens (tertiary/aromatic N) is 5. The van der Waals surface area contributed by atoms with Crippen LogP contribution in [-0.4, -0.2) is 23.7 Å². The van der Waals surface area contributed by atoms with Gasteiger partial charge in [0.2, 0.25) is 0 Å². The van der Waals surface area contributed by atoms with Crippen LogP contribution in [0.2, 0.25) is 0 Å². The molecule has 0 atom stereocenters. The molecule has 0 aliphatic rings. The summed E-state index contributed by atoms with van der Waals surface area (Å²) in [7, 11) is 0. The molecule has 0 radical (unpaired) electrons. The van der Waals surface area contributed by atoms with Crippen LogP contribution in [0.5, 0.6) is 0 Å². The number of benzene rings is 9. The zero-order valence-corrected chi connectivity index (χ0v) is 34.0. The zero-order valence-electron chi connectivity index (χ0n) is 38.0. The Morgan fingerprint density at radius 2 is 0.859 bits per heavy atom. The van der Waals surface area contributed by atoms with E-state index in [-0.39, 0.29) is 24.2 Å². The van der Waals surface area contributed by atoms with Gasteiger partial charge in [-0.2, -0.15) is 0 Å². The van der Waals surface area contributed by atoms with Crippen molar-refractivity contribution in [1.82, 2.24) is 23.7 Å². The fourth-order valence-corrected chi connectivity index (χ4v) is 10.1. The summed E-state index contributed by atoms with van der Waals surface area (Å²) in [6.45, 7) is 0. The highest BCUT2D eigenvalue weighted by Gasteiger charge is 2.25. The maximum atomic E-state index is 9.44. The first-order chi connectivity index (χ1) is 33.4. The van der Waals surface area contributed by atoms with Gasteiger partial charge in [0, 0.05) is 49.2 Å². The van der Waals surface area contributed by atoms with Crippen LogP contribution in [0.25, 0.3) is 127 Å². The molecule has 5 heterocycles. The third-order valence-electron chi connectivity index (χ3n) is 12.8. The largest absolute Gasteiger partial charge is 0.456 e. The fraction of sp³-hybridized carbons (Fsp3) is 0. The van der Waals surface area contributed by atoms with Crippen molar-refractivity contribution >= 4 is 87.4 Å². The third kappa shape index (κ3) is 4.96. The molecule has 0 amide bonds. The van der Waals surface area contributed by atoms with E-state index >= 15 is 0 Å². The van der Waals surface area contributed by atoms with Crippen LogP contribution < -0.4 is 0 Å². The maximum absolute atomic E-state index is 9.44. The van der Waals surface area contributed by atoms with Crippen molar-refractivity contribution < 1.29 is 9.90 Å². The lowest BCUT2D eigenvalue weighted by atomic mass is 9.96. The van der Waals surface area contributed by atoms with Gasteiger partial charge >= 0.3 is 0 Å². The number of aromatic nitrogens is 5. The number of rotatable bonds is 5. The van der Waals surface area contributed by atoms with Gasteiger partial charge in [-0.25, -0.2) is 9.97 Å². The molecule has 0 spiro atoms. The lowest BCUT2D eigenvalue weighted by Crippen LogP contribution is -2.08. The molecule has 0 unspecified atom stereocenters. The Labute approximate surface area is 371 Å². The number of fused-ring (bicyclic) bond motifs is 12. The number of hydrogen-bond acceptors (Lipinski definition) is 3. The lowest BCUT2D eigenvalue weighted by Gasteiger charge is -2.19. The molecule has 0 saturated carbocycles. The van der Waals surface area contributed by atoms with Crippen molar-refractivity contribution in [1.29, 1.82) is 0 Å². The molecule has 0 aliphatic carbocycles. The summed E-state index contributed by atoms with van der Waals surface area (Å²) >= 11 is 0. The molecule has 64 heavy (non-hydrogen) atoms. The van der Waals surface area contributed by atoms with Crippen LogP contribution >= 0.6 is 0 Å². The summed E-state index contributed by atoms with van der Waals surface area (Å²) in [5, 5.41) is 7.56. The van der Waals surface area contributed by atoms with Gasteiger partial charge in [0.25, 0.3) is 0 Å². The Bertz CT molecular complexity index is 4360. The molecular weight excluding hydrogens is 783 g/mol. The molecule has 5 aromatic heterocycles. The summed E-state index contributed by atoms with van der Waals surface area (Å²) in [6.07, 6.45) is 0. The van der Waals surface area contributed by atoms with E-state index in [0.717, 1.165) is 87.9 Å². The fourth-order valence-electron chi connectivity index (χ4n) is 10.1. The van der Waals surface area contributed by atoms with Crippen LogP contribution in [0, 0.1) is 0 Å². The van der Waals surface area contributed by atoms with E-state index in [1.165, 1.54) is 0 Å². The second kappa shape index (κ2) is 13.4. The van der Waals surface area contributed by atoms with Gasteiger partial charge in [-0.3, -0.25) is 9.13 Å². The molecule has 298 valence electrons. The highest BCUT2D eigenvalue weighted by Crippen LogP contribution is 2.43. The van der Waals surface area contributed by atoms with Crippen LogP contribution in [0.3, 0.4) is 0 Å². The predicted octanol–water partition coefficient (Wildman–Crippen LogP) is 15.0. The van der Waals surface area contributed by atoms with Gasteiger partial charge in [-0.05, 0) is 71.8 Å². The quantitative estimate of drug-likeness (QED) is 0.174. The first kappa shape index (κ1) is 31.2. The minimum absolute atomic E-state index is 0.104. The Morgan fingerprint density at radius 3 is 1.47 bits per heavy atom. The van der Waals surface area contributed by atoms with Crippen LogP contribution in [0.1, 0.15) is 5.48 Å². The molecule has 6 heteroatoms. The van der Waals surface area contributed by atoms with Gasteiger partial charge in [0.15, 0.2) is 5.82 Å². The summed E-state index contributed by atoms with van der Waals surface area (Å²) in [6, 6.07) is 63.1. The Hall–Kier alpha value is -8.74. The molecule has 14 aromatic rings. The Kier molecular flexibility index (Phi) is 6.51. The average Bonchev–Trinajstić information content (AvgIpc) is 4.13. The summed E-state index contributed by atoms with van der Waals surface area (Å²) < 4.78 is 49.2. The van der Waals surface area contributed by atoms with Gasteiger partial charge in [-0.1, -0.05) is 146 Å². The SMILES string of the molecule is [2H]c1c([2H])c([2H])c2c(c1[2H])c1ccccc1n2-c1cc(-n2c3ccccc3c3ccccc32)nc(-c2c(-c3ccc4c(c3)oc3ccccc34)cccc2-n2c3ccccc3c3ccccc32)n1. The van der Waals surface area contributed by atoms with Crippen molar-refractivity contribution in [3.05, 3.63) is 212 Å². The molecular formula is C58H35N5O. The van der Waals surface area contributed by atoms with Crippen LogP contribution in [-0.2, 0) is 0 Å². The molecule has 0 N–H and O–H groups in total. The van der Waals surface area contributed by atoms with Gasteiger partial charge in [0.1, 0.15) is 22.8 Å². The van der Waals surface area contributed by atoms with Crippen LogP contribution in [0.15, 0.2) is 217 Å². The van der Waals surface area contributed by atoms with Crippen molar-refractivity contribution in [2.75, 3.05) is 0 Å². The first-order valence-corrected chi connectivity index (χ1v) is 21.3. The van der Waals surface area contributed by atoms with E-state index in [4.69, 9.17) is 17.1 Å². The van der Waals surface area contributed by atoms with E-state index in [0.29, 0.717) is 39.3 Å². The number of hydrogen-bond donors (Lipinski definition) is 0. The zero-order chi connectivity index (χ0) is 45.4. The van der Waals surface area contributed by atoms with Gasteiger partial charge in [0.05, 0.1) is 49.8 Å². The molecule has 9 aromatic carbocycles. The van der Waals surface area contributed by atoms with E-state index in [1.54, 1.807) is 0 Å². The number of furan rings is 1. The van der Waals surface area contributed by atoms with E-state index in [2.05, 4.69) is 124 Å². The molecule has 0 aliphatic heterocycles. The van der Waals surface area contributed by atoms with Crippen LogP contribution in [0.4, 0.5) is 0 Å². The molecule has 0 saturated heterocycles. The normalized spacial score (nSPS) is 12.9. The van der Waals surface area contributed by atoms with Crippen molar-refractivity contribution in [2.24, 2.45) is 0 Å². The second-order valence-corrected chi connectivity index (χ2v) is 16.2. The lowest BCUT2D eigenvalue weighted by molar-refractivity contribution is 0.669. The smallest absolute Gasteiger partial charge is 0.166 e. The second-order valence-electron chi connectivity index (χ2n) is 16.2. The Morgan fingerprint density at radius 1 is 0.375 bits per heavy atom. The summed E-state index contributed by atoms with van der Waals surface area (Å²) in [5.41, 5.74) is 9.98. The van der Waals surface area contributed by atoms with Crippen molar-refractivity contribution in [3.8, 4) is 39.8 Å². The van der Waals surface area contributed by atoms with Crippen molar-refractivity contribution in [2.45, 2.75) is 0 Å². The predicted molar refractivity (Wildman–Crippen MR) is 263 cm³/mol. The van der Waals surface area contributed by atoms with Crippen molar-refractivity contribution in [3.63, 3.8) is 0 Å². The average molecular weight is 822 g/mol. The Balaban J connectivity index is 1.16.